The summed E-state index contributed by atoms with van der Waals surface area (Å²) in [4.78, 5) is 31.6. The van der Waals surface area contributed by atoms with Crippen LogP contribution in [0, 0.1) is 37.0 Å². The normalized spacial score (nSPS) is 26.8. The van der Waals surface area contributed by atoms with E-state index in [1.165, 1.54) is 25.5 Å². The summed E-state index contributed by atoms with van der Waals surface area (Å²) in [5.74, 6) is 2.38. The van der Waals surface area contributed by atoms with Crippen LogP contribution < -0.4 is 5.32 Å². The Morgan fingerprint density at radius 3 is 2.43 bits per heavy atom. The van der Waals surface area contributed by atoms with Crippen LogP contribution in [0.4, 0.5) is 5.82 Å². The quantitative estimate of drug-likeness (QED) is 0.505. The summed E-state index contributed by atoms with van der Waals surface area (Å²) in [7, 11) is 0. The number of fused-ring (bicyclic) bond motifs is 1. The van der Waals surface area contributed by atoms with E-state index in [9.17, 15) is 9.59 Å². The standard InChI is InChI=1S/C28H32N4O3/c1-4-35-26(33)22-15-29-32(23-8-17(3)21-7-5-6-16(2)24(21)30-23)25(22)31-27(34)28-12-18-9-19(13-28)11-20(10-18)14-28/h5-8,15,18-20H,4,9-14H2,1-3H3,(H,31,34). The van der Waals surface area contributed by atoms with Crippen molar-refractivity contribution in [3.8, 4) is 5.82 Å². The molecule has 7 heteroatoms. The van der Waals surface area contributed by atoms with Gasteiger partial charge in [0.05, 0.1) is 23.7 Å². The van der Waals surface area contributed by atoms with Crippen molar-refractivity contribution in [3.63, 3.8) is 0 Å². The molecule has 4 aliphatic rings. The molecule has 4 bridgehead atoms. The van der Waals surface area contributed by atoms with E-state index in [0.29, 0.717) is 29.4 Å². The monoisotopic (exact) mass is 472 g/mol. The molecule has 1 amide bonds. The van der Waals surface area contributed by atoms with E-state index >= 15 is 0 Å². The van der Waals surface area contributed by atoms with Gasteiger partial charge in [-0.3, -0.25) is 4.79 Å². The van der Waals surface area contributed by atoms with Gasteiger partial charge < -0.3 is 10.1 Å². The lowest BCUT2D eigenvalue weighted by molar-refractivity contribution is -0.140. The molecule has 0 atom stereocenters. The lowest BCUT2D eigenvalue weighted by atomic mass is 9.49. The number of benzene rings is 1. The number of carbonyl (C=O) groups excluding carboxylic acids is 2. The number of carbonyl (C=O) groups is 2. The van der Waals surface area contributed by atoms with Gasteiger partial charge in [0.25, 0.3) is 0 Å². The first kappa shape index (κ1) is 22.3. The Hall–Kier alpha value is -3.22. The molecule has 0 aliphatic heterocycles. The summed E-state index contributed by atoms with van der Waals surface area (Å²) in [5.41, 5.74) is 2.91. The van der Waals surface area contributed by atoms with Gasteiger partial charge in [0, 0.05) is 5.39 Å². The van der Waals surface area contributed by atoms with Crippen LogP contribution in [0.1, 0.15) is 66.9 Å². The van der Waals surface area contributed by atoms with E-state index in [-0.39, 0.29) is 23.5 Å². The number of aromatic nitrogens is 3. The predicted molar refractivity (Wildman–Crippen MR) is 134 cm³/mol. The molecule has 2 aromatic heterocycles. The minimum Gasteiger partial charge on any atom is -0.462 e. The summed E-state index contributed by atoms with van der Waals surface area (Å²) < 4.78 is 6.88. The number of ether oxygens (including phenoxy) is 1. The predicted octanol–water partition coefficient (Wildman–Crippen LogP) is 5.37. The van der Waals surface area contributed by atoms with Gasteiger partial charge in [-0.05, 0) is 94.2 Å². The Morgan fingerprint density at radius 2 is 1.77 bits per heavy atom. The Labute approximate surface area is 205 Å². The fourth-order valence-corrected chi connectivity index (χ4v) is 7.28. The fraction of sp³-hybridized carbons (Fsp3) is 0.500. The van der Waals surface area contributed by atoms with Crippen molar-refractivity contribution in [2.45, 2.75) is 59.3 Å². The Kier molecular flexibility index (Phi) is 5.20. The third-order valence-electron chi connectivity index (χ3n) is 8.47. The fourth-order valence-electron chi connectivity index (χ4n) is 7.28. The van der Waals surface area contributed by atoms with Crippen molar-refractivity contribution in [2.24, 2.45) is 23.2 Å². The number of hydrogen-bond donors (Lipinski definition) is 1. The second-order valence-electron chi connectivity index (χ2n) is 11.0. The SMILES string of the molecule is CCOC(=O)c1cnn(-c2cc(C)c3cccc(C)c3n2)c1NC(=O)C12CC3CC(CC(C3)C1)C2. The molecule has 1 N–H and O–H groups in total. The largest absolute Gasteiger partial charge is 0.462 e. The number of esters is 1. The molecule has 4 saturated carbocycles. The third-order valence-corrected chi connectivity index (χ3v) is 8.47. The zero-order valence-corrected chi connectivity index (χ0v) is 20.6. The van der Waals surface area contributed by atoms with Crippen molar-refractivity contribution in [2.75, 3.05) is 11.9 Å². The van der Waals surface area contributed by atoms with Crippen LogP contribution in [0.3, 0.4) is 0 Å². The summed E-state index contributed by atoms with van der Waals surface area (Å²) >= 11 is 0. The minimum absolute atomic E-state index is 0.0117. The zero-order chi connectivity index (χ0) is 24.3. The van der Waals surface area contributed by atoms with Crippen molar-refractivity contribution in [1.82, 2.24) is 14.8 Å². The molecule has 7 nitrogen and oxygen atoms in total. The molecule has 1 aromatic carbocycles. The molecule has 7 rings (SSSR count). The van der Waals surface area contributed by atoms with Gasteiger partial charge in [-0.15, -0.1) is 0 Å². The van der Waals surface area contributed by atoms with E-state index in [2.05, 4.69) is 16.5 Å². The number of rotatable bonds is 5. The highest BCUT2D eigenvalue weighted by molar-refractivity contribution is 6.02. The van der Waals surface area contributed by atoms with Crippen LogP contribution in [-0.4, -0.2) is 33.2 Å². The summed E-state index contributed by atoms with van der Waals surface area (Å²) in [6, 6.07) is 8.05. The number of nitrogens with one attached hydrogen (secondary N) is 1. The topological polar surface area (TPSA) is 86.1 Å². The van der Waals surface area contributed by atoms with Gasteiger partial charge in [0.2, 0.25) is 5.91 Å². The van der Waals surface area contributed by atoms with Crippen LogP contribution >= 0.6 is 0 Å². The highest BCUT2D eigenvalue weighted by atomic mass is 16.5. The molecule has 4 aliphatic carbocycles. The van der Waals surface area contributed by atoms with Crippen molar-refractivity contribution in [1.29, 1.82) is 0 Å². The maximum absolute atomic E-state index is 13.9. The van der Waals surface area contributed by atoms with Crippen LogP contribution in [0.15, 0.2) is 30.5 Å². The number of hydrogen-bond acceptors (Lipinski definition) is 5. The Balaban J connectivity index is 1.42. The second kappa shape index (κ2) is 8.18. The van der Waals surface area contributed by atoms with E-state index in [1.807, 2.05) is 32.0 Å². The highest BCUT2D eigenvalue weighted by Gasteiger charge is 2.54. The second-order valence-corrected chi connectivity index (χ2v) is 11.0. The summed E-state index contributed by atoms with van der Waals surface area (Å²) in [6.07, 6.45) is 8.10. The molecule has 2 heterocycles. The lowest BCUT2D eigenvalue weighted by Gasteiger charge is -2.55. The first-order valence-electron chi connectivity index (χ1n) is 12.8. The van der Waals surface area contributed by atoms with Crippen molar-refractivity contribution >= 4 is 28.6 Å². The van der Waals surface area contributed by atoms with Gasteiger partial charge in [-0.1, -0.05) is 18.2 Å². The molecular formula is C28H32N4O3. The maximum atomic E-state index is 13.9. The number of anilines is 1. The van der Waals surface area contributed by atoms with Gasteiger partial charge >= 0.3 is 5.97 Å². The number of nitrogens with zero attached hydrogens (tertiary/aromatic N) is 3. The Bertz CT molecular complexity index is 1310. The molecule has 0 spiro atoms. The molecule has 182 valence electrons. The van der Waals surface area contributed by atoms with Gasteiger partial charge in [0.1, 0.15) is 5.56 Å². The van der Waals surface area contributed by atoms with E-state index in [4.69, 9.17) is 9.72 Å². The minimum atomic E-state index is -0.492. The zero-order valence-electron chi connectivity index (χ0n) is 20.6. The van der Waals surface area contributed by atoms with Crippen LogP contribution in [0.5, 0.6) is 0 Å². The Morgan fingerprint density at radius 1 is 1.09 bits per heavy atom. The first-order chi connectivity index (χ1) is 16.9. The molecular weight excluding hydrogens is 440 g/mol. The summed E-state index contributed by atoms with van der Waals surface area (Å²) in [5, 5.41) is 8.74. The number of pyridine rings is 1. The van der Waals surface area contributed by atoms with Crippen LogP contribution in [-0.2, 0) is 9.53 Å². The molecule has 4 fully saturated rings. The average Bonchev–Trinajstić information content (AvgIpc) is 3.22. The molecule has 0 saturated heterocycles. The highest BCUT2D eigenvalue weighted by Crippen LogP contribution is 2.60. The molecule has 0 radical (unpaired) electrons. The number of amides is 1. The van der Waals surface area contributed by atoms with Gasteiger partial charge in [-0.25, -0.2) is 9.78 Å². The smallest absolute Gasteiger partial charge is 0.343 e. The van der Waals surface area contributed by atoms with Crippen molar-refractivity contribution in [3.05, 3.63) is 47.2 Å². The van der Waals surface area contributed by atoms with E-state index < -0.39 is 5.97 Å². The average molecular weight is 473 g/mol. The van der Waals surface area contributed by atoms with Crippen molar-refractivity contribution < 1.29 is 14.3 Å². The van der Waals surface area contributed by atoms with E-state index in [1.54, 1.807) is 11.6 Å². The molecule has 0 unspecified atom stereocenters. The maximum Gasteiger partial charge on any atom is 0.343 e. The third kappa shape index (κ3) is 3.63. The van der Waals surface area contributed by atoms with Gasteiger partial charge in [0.15, 0.2) is 11.6 Å². The van der Waals surface area contributed by atoms with Crippen LogP contribution in [0.25, 0.3) is 16.7 Å². The number of para-hydroxylation sites is 1. The lowest BCUT2D eigenvalue weighted by Crippen LogP contribution is -2.52. The molecule has 3 aromatic rings. The summed E-state index contributed by atoms with van der Waals surface area (Å²) in [6.45, 7) is 6.09. The van der Waals surface area contributed by atoms with E-state index in [0.717, 1.165) is 41.3 Å². The van der Waals surface area contributed by atoms with Crippen LogP contribution in [0.2, 0.25) is 0 Å². The first-order valence-corrected chi connectivity index (χ1v) is 12.8. The molecule has 35 heavy (non-hydrogen) atoms. The number of aryl methyl sites for hydroxylation is 2. The van der Waals surface area contributed by atoms with Gasteiger partial charge in [-0.2, -0.15) is 9.78 Å².